The molecular weight excluding hydrogens is 469 g/mol. The molecule has 6 nitrogen and oxygen atoms in total. The van der Waals surface area contributed by atoms with Crippen LogP contribution in [-0.2, 0) is 26.8 Å². The van der Waals surface area contributed by atoms with Crippen molar-refractivity contribution in [3.05, 3.63) is 59.8 Å². The minimum atomic E-state index is -5.22. The van der Waals surface area contributed by atoms with E-state index in [-0.39, 0.29) is 21.2 Å². The first-order valence-corrected chi connectivity index (χ1v) is 12.2. The van der Waals surface area contributed by atoms with Gasteiger partial charge in [-0.15, -0.1) is 0 Å². The van der Waals surface area contributed by atoms with Crippen molar-refractivity contribution in [2.45, 2.75) is 50.2 Å². The number of hydrogen-bond donors (Lipinski definition) is 0. The van der Waals surface area contributed by atoms with Crippen LogP contribution in [0.2, 0.25) is 0 Å². The maximum Gasteiger partial charge on any atom is 0.491 e. The predicted molar refractivity (Wildman–Crippen MR) is 121 cm³/mol. The summed E-state index contributed by atoms with van der Waals surface area (Å²) in [4.78, 5) is 13.7. The van der Waals surface area contributed by atoms with Gasteiger partial charge in [0.25, 0.3) is 10.0 Å². The van der Waals surface area contributed by atoms with Crippen molar-refractivity contribution >= 4 is 26.9 Å². The van der Waals surface area contributed by atoms with E-state index in [1.165, 1.54) is 18.2 Å². The van der Waals surface area contributed by atoms with Crippen molar-refractivity contribution in [3.8, 4) is 5.75 Å². The molecule has 0 saturated carbocycles. The van der Waals surface area contributed by atoms with Gasteiger partial charge in [-0.1, -0.05) is 45.0 Å². The van der Waals surface area contributed by atoms with Crippen LogP contribution in [0.1, 0.15) is 38.3 Å². The number of rotatable bonds is 5. The van der Waals surface area contributed by atoms with Gasteiger partial charge in [-0.25, -0.2) is 17.2 Å². The minimum Gasteiger partial charge on any atom is -0.418 e. The summed E-state index contributed by atoms with van der Waals surface area (Å²) in [6.45, 7) is 8.04. The molecule has 34 heavy (non-hydrogen) atoms. The zero-order valence-corrected chi connectivity index (χ0v) is 19.8. The van der Waals surface area contributed by atoms with Gasteiger partial charge in [0, 0.05) is 11.9 Å². The molecule has 4 rings (SSSR count). The third kappa shape index (κ3) is 4.56. The molecule has 0 bridgehead atoms. The Balaban J connectivity index is 1.85. The summed E-state index contributed by atoms with van der Waals surface area (Å²) in [7, 11) is -4.18. The number of halogens is 3. The molecule has 0 atom stereocenters. The Morgan fingerprint density at radius 3 is 2.21 bits per heavy atom. The highest BCUT2D eigenvalue weighted by atomic mass is 32.2. The fourth-order valence-electron chi connectivity index (χ4n) is 3.88. The lowest BCUT2D eigenvalue weighted by atomic mass is 9.87. The molecular formula is C24H25F3N2O4S. The average molecular weight is 495 g/mol. The van der Waals surface area contributed by atoms with Crippen molar-refractivity contribution < 1.29 is 31.1 Å². The zero-order chi connectivity index (χ0) is 24.9. The molecule has 1 fully saturated rings. The van der Waals surface area contributed by atoms with Crippen LogP contribution in [0.4, 0.5) is 13.2 Å². The lowest BCUT2D eigenvalue weighted by Gasteiger charge is -2.30. The number of alkyl halides is 3. The van der Waals surface area contributed by atoms with E-state index in [9.17, 15) is 26.4 Å². The van der Waals surface area contributed by atoms with E-state index >= 15 is 0 Å². The van der Waals surface area contributed by atoms with E-state index in [1.54, 1.807) is 24.3 Å². The summed E-state index contributed by atoms with van der Waals surface area (Å²) >= 11 is 0. The molecule has 2 aromatic carbocycles. The van der Waals surface area contributed by atoms with Crippen LogP contribution in [0.15, 0.2) is 53.6 Å². The molecule has 3 aromatic rings. The van der Waals surface area contributed by atoms with E-state index in [4.69, 9.17) is 0 Å². The van der Waals surface area contributed by atoms with Crippen molar-refractivity contribution in [2.24, 2.45) is 0 Å². The van der Waals surface area contributed by atoms with E-state index in [0.717, 1.165) is 35.2 Å². The summed E-state index contributed by atoms with van der Waals surface area (Å²) in [6.07, 6.45) is -3.27. The third-order valence-electron chi connectivity index (χ3n) is 5.90. The number of carbonyl (C=O) groups excluding carboxylic acids is 1. The van der Waals surface area contributed by atoms with Crippen molar-refractivity contribution in [3.63, 3.8) is 0 Å². The van der Waals surface area contributed by atoms with Crippen molar-refractivity contribution in [2.75, 3.05) is 13.1 Å². The SMILES string of the molecule is CC(C)(C)c1ccc(S(=O)(=O)n2cc(OC(=O)C(F)(F)F)c3c(CN4CCC4)cccc32)cc1. The first-order valence-electron chi connectivity index (χ1n) is 10.8. The smallest absolute Gasteiger partial charge is 0.418 e. The first-order chi connectivity index (χ1) is 15.8. The molecule has 0 aliphatic carbocycles. The maximum atomic E-state index is 13.5. The summed E-state index contributed by atoms with van der Waals surface area (Å²) < 4.78 is 71.4. The van der Waals surface area contributed by atoms with E-state index in [0.29, 0.717) is 12.1 Å². The number of fused-ring (bicyclic) bond motifs is 1. The molecule has 0 N–H and O–H groups in total. The van der Waals surface area contributed by atoms with Gasteiger partial charge in [0.15, 0.2) is 5.75 Å². The number of aromatic nitrogens is 1. The quantitative estimate of drug-likeness (QED) is 0.475. The van der Waals surface area contributed by atoms with Gasteiger partial charge in [0.2, 0.25) is 0 Å². The molecule has 1 aromatic heterocycles. The summed E-state index contributed by atoms with van der Waals surface area (Å²) in [5.74, 6) is -2.85. The van der Waals surface area contributed by atoms with Gasteiger partial charge < -0.3 is 4.74 Å². The second-order valence-electron chi connectivity index (χ2n) is 9.40. The number of carbonyl (C=O) groups is 1. The third-order valence-corrected chi connectivity index (χ3v) is 7.59. The monoisotopic (exact) mass is 494 g/mol. The van der Waals surface area contributed by atoms with Crippen LogP contribution in [0, 0.1) is 0 Å². The minimum absolute atomic E-state index is 0.0285. The lowest BCUT2D eigenvalue weighted by molar-refractivity contribution is -0.189. The Morgan fingerprint density at radius 2 is 1.68 bits per heavy atom. The lowest BCUT2D eigenvalue weighted by Crippen LogP contribution is -2.36. The number of likely N-dealkylation sites (tertiary alicyclic amines) is 1. The topological polar surface area (TPSA) is 68.6 Å². The van der Waals surface area contributed by atoms with E-state index < -0.39 is 27.9 Å². The molecule has 1 aliphatic heterocycles. The molecule has 0 amide bonds. The van der Waals surface area contributed by atoms with Crippen LogP contribution in [-0.4, -0.2) is 42.5 Å². The van der Waals surface area contributed by atoms with Gasteiger partial charge in [-0.2, -0.15) is 13.2 Å². The Morgan fingerprint density at radius 1 is 1.03 bits per heavy atom. The fraction of sp³-hybridized carbons (Fsp3) is 0.375. The number of nitrogens with zero attached hydrogens (tertiary/aromatic N) is 2. The van der Waals surface area contributed by atoms with Gasteiger partial charge in [-0.05, 0) is 54.3 Å². The second-order valence-corrected chi connectivity index (χ2v) is 11.2. The molecule has 0 radical (unpaired) electrons. The molecule has 2 heterocycles. The molecule has 1 saturated heterocycles. The number of benzene rings is 2. The fourth-order valence-corrected chi connectivity index (χ4v) is 5.23. The largest absolute Gasteiger partial charge is 0.491 e. The Labute approximate surface area is 196 Å². The van der Waals surface area contributed by atoms with Crippen LogP contribution in [0.3, 0.4) is 0 Å². The van der Waals surface area contributed by atoms with Gasteiger partial charge in [0.1, 0.15) is 0 Å². The zero-order valence-electron chi connectivity index (χ0n) is 19.0. The highest BCUT2D eigenvalue weighted by molar-refractivity contribution is 7.90. The first kappa shape index (κ1) is 24.3. The van der Waals surface area contributed by atoms with Crippen LogP contribution in [0.5, 0.6) is 5.75 Å². The van der Waals surface area contributed by atoms with Crippen LogP contribution < -0.4 is 4.74 Å². The average Bonchev–Trinajstić information content (AvgIpc) is 3.09. The van der Waals surface area contributed by atoms with E-state index in [2.05, 4.69) is 9.64 Å². The Bertz CT molecular complexity index is 1330. The van der Waals surface area contributed by atoms with Gasteiger partial charge >= 0.3 is 12.1 Å². The second kappa shape index (κ2) is 8.42. The molecule has 0 spiro atoms. The molecule has 1 aliphatic rings. The predicted octanol–water partition coefficient (Wildman–Crippen LogP) is 4.85. The Hall–Kier alpha value is -2.85. The van der Waals surface area contributed by atoms with Crippen LogP contribution in [0.25, 0.3) is 10.9 Å². The maximum absolute atomic E-state index is 13.5. The summed E-state index contributed by atoms with van der Waals surface area (Å²) in [5, 5.41) is 0.168. The standard InChI is InChI=1S/C24H25F3N2O4S/c1-23(2,3)17-8-10-18(11-9-17)34(31,32)29-15-20(33-22(30)24(25,26)27)21-16(6-4-7-19(21)29)14-28-12-5-13-28/h4,6-11,15H,5,12-14H2,1-3H3. The number of esters is 1. The summed E-state index contributed by atoms with van der Waals surface area (Å²) in [5.41, 5.74) is 1.47. The van der Waals surface area contributed by atoms with Gasteiger partial charge in [0.05, 0.1) is 16.6 Å². The number of hydrogen-bond acceptors (Lipinski definition) is 5. The summed E-state index contributed by atoms with van der Waals surface area (Å²) in [6, 6.07) is 11.2. The molecule has 10 heteroatoms. The van der Waals surface area contributed by atoms with E-state index in [1.807, 2.05) is 20.8 Å². The highest BCUT2D eigenvalue weighted by Gasteiger charge is 2.42. The van der Waals surface area contributed by atoms with Crippen molar-refractivity contribution in [1.82, 2.24) is 8.87 Å². The normalized spacial score (nSPS) is 15.4. The van der Waals surface area contributed by atoms with Crippen LogP contribution >= 0.6 is 0 Å². The number of ether oxygens (including phenoxy) is 1. The molecule has 182 valence electrons. The molecule has 0 unspecified atom stereocenters. The Kier molecular flexibility index (Phi) is 6.02. The van der Waals surface area contributed by atoms with Gasteiger partial charge in [-0.3, -0.25) is 4.90 Å². The highest BCUT2D eigenvalue weighted by Crippen LogP contribution is 2.36. The van der Waals surface area contributed by atoms with Crippen molar-refractivity contribution in [1.29, 1.82) is 0 Å².